The highest BCUT2D eigenvalue weighted by atomic mass is 16.7. The van der Waals surface area contributed by atoms with Crippen molar-refractivity contribution in [3.63, 3.8) is 0 Å². The SMILES string of the molecule is COc1cc(O)cc(C=Cc2ccc(O[C@H]3O[C@H](CO)[C@H](O)[C@H](O)[C@@H]3O)cc2)c1. The normalized spacial score (nSPS) is 27.1. The van der Waals surface area contributed by atoms with Gasteiger partial charge in [-0.15, -0.1) is 0 Å². The molecule has 1 heterocycles. The van der Waals surface area contributed by atoms with Crippen LogP contribution in [-0.4, -0.2) is 70.0 Å². The van der Waals surface area contributed by atoms with Crippen molar-refractivity contribution in [2.24, 2.45) is 0 Å². The summed E-state index contributed by atoms with van der Waals surface area (Å²) in [5.74, 6) is 1.03. The Kier molecular flexibility index (Phi) is 6.73. The Labute approximate surface area is 167 Å². The van der Waals surface area contributed by atoms with Gasteiger partial charge in [0.25, 0.3) is 0 Å². The molecule has 2 aromatic carbocycles. The van der Waals surface area contributed by atoms with Crippen LogP contribution >= 0.6 is 0 Å². The predicted molar refractivity (Wildman–Crippen MR) is 104 cm³/mol. The van der Waals surface area contributed by atoms with E-state index in [2.05, 4.69) is 0 Å². The highest BCUT2D eigenvalue weighted by Crippen LogP contribution is 2.26. The van der Waals surface area contributed by atoms with Crippen LogP contribution in [0.25, 0.3) is 12.2 Å². The highest BCUT2D eigenvalue weighted by molar-refractivity contribution is 5.71. The summed E-state index contributed by atoms with van der Waals surface area (Å²) in [4.78, 5) is 0. The number of aromatic hydroxyl groups is 1. The molecule has 0 saturated carbocycles. The molecule has 0 bridgehead atoms. The highest BCUT2D eigenvalue weighted by Gasteiger charge is 2.44. The Bertz CT molecular complexity index is 833. The van der Waals surface area contributed by atoms with Crippen LogP contribution in [0.5, 0.6) is 17.2 Å². The lowest BCUT2D eigenvalue weighted by Crippen LogP contribution is -2.60. The molecule has 8 nitrogen and oxygen atoms in total. The van der Waals surface area contributed by atoms with Crippen LogP contribution in [0.3, 0.4) is 0 Å². The van der Waals surface area contributed by atoms with E-state index in [9.17, 15) is 25.5 Å². The molecule has 1 aliphatic heterocycles. The molecule has 0 aliphatic carbocycles. The summed E-state index contributed by atoms with van der Waals surface area (Å²) in [6, 6.07) is 11.8. The molecule has 0 spiro atoms. The van der Waals surface area contributed by atoms with Crippen molar-refractivity contribution in [3.05, 3.63) is 53.6 Å². The van der Waals surface area contributed by atoms with Gasteiger partial charge in [-0.25, -0.2) is 0 Å². The number of methoxy groups -OCH3 is 1. The Morgan fingerprint density at radius 3 is 2.24 bits per heavy atom. The molecule has 5 N–H and O–H groups in total. The minimum atomic E-state index is -1.49. The Balaban J connectivity index is 1.66. The van der Waals surface area contributed by atoms with E-state index < -0.39 is 37.3 Å². The summed E-state index contributed by atoms with van der Waals surface area (Å²) >= 11 is 0. The molecule has 0 unspecified atom stereocenters. The van der Waals surface area contributed by atoms with Crippen LogP contribution in [0.2, 0.25) is 0 Å². The van der Waals surface area contributed by atoms with Gasteiger partial charge in [0.1, 0.15) is 41.7 Å². The first-order valence-electron chi connectivity index (χ1n) is 9.04. The number of aliphatic hydroxyl groups excluding tert-OH is 4. The lowest BCUT2D eigenvalue weighted by atomic mass is 9.99. The third kappa shape index (κ3) is 5.06. The zero-order valence-electron chi connectivity index (χ0n) is 15.8. The first kappa shape index (κ1) is 21.1. The average Bonchev–Trinajstić information content (AvgIpc) is 2.73. The molecule has 1 fully saturated rings. The monoisotopic (exact) mass is 404 g/mol. The van der Waals surface area contributed by atoms with Gasteiger partial charge in [-0.2, -0.15) is 0 Å². The molecule has 3 rings (SSSR count). The molecule has 1 saturated heterocycles. The van der Waals surface area contributed by atoms with E-state index in [0.29, 0.717) is 11.5 Å². The van der Waals surface area contributed by atoms with Crippen LogP contribution in [0.4, 0.5) is 0 Å². The van der Waals surface area contributed by atoms with E-state index >= 15 is 0 Å². The molecule has 0 amide bonds. The molecule has 2 aromatic rings. The average molecular weight is 404 g/mol. The second-order valence-electron chi connectivity index (χ2n) is 6.68. The molecule has 0 radical (unpaired) electrons. The van der Waals surface area contributed by atoms with Gasteiger partial charge in [-0.05, 0) is 35.4 Å². The molecular formula is C21H24O8. The van der Waals surface area contributed by atoms with Gasteiger partial charge in [-0.3, -0.25) is 0 Å². The van der Waals surface area contributed by atoms with Gasteiger partial charge in [0.15, 0.2) is 0 Å². The minimum Gasteiger partial charge on any atom is -0.508 e. The topological polar surface area (TPSA) is 129 Å². The van der Waals surface area contributed by atoms with Gasteiger partial charge >= 0.3 is 0 Å². The quantitative estimate of drug-likeness (QED) is 0.446. The maximum absolute atomic E-state index is 10.0. The van der Waals surface area contributed by atoms with E-state index in [-0.39, 0.29) is 5.75 Å². The molecule has 0 aromatic heterocycles. The first-order valence-corrected chi connectivity index (χ1v) is 9.04. The summed E-state index contributed by atoms with van der Waals surface area (Å²) in [7, 11) is 1.52. The lowest BCUT2D eigenvalue weighted by molar-refractivity contribution is -0.277. The van der Waals surface area contributed by atoms with Crippen LogP contribution in [0.15, 0.2) is 42.5 Å². The first-order chi connectivity index (χ1) is 13.9. The number of hydrogen-bond donors (Lipinski definition) is 5. The van der Waals surface area contributed by atoms with E-state index in [1.54, 1.807) is 36.4 Å². The molecule has 29 heavy (non-hydrogen) atoms. The van der Waals surface area contributed by atoms with Crippen molar-refractivity contribution < 1.29 is 39.7 Å². The van der Waals surface area contributed by atoms with Crippen molar-refractivity contribution in [2.75, 3.05) is 13.7 Å². The zero-order chi connectivity index (χ0) is 21.0. The van der Waals surface area contributed by atoms with Gasteiger partial charge in [0.05, 0.1) is 13.7 Å². The second kappa shape index (κ2) is 9.25. The second-order valence-corrected chi connectivity index (χ2v) is 6.68. The summed E-state index contributed by atoms with van der Waals surface area (Å²) in [6.07, 6.45) is -2.99. The van der Waals surface area contributed by atoms with Crippen molar-refractivity contribution in [2.45, 2.75) is 30.7 Å². The fourth-order valence-electron chi connectivity index (χ4n) is 2.97. The Morgan fingerprint density at radius 1 is 0.897 bits per heavy atom. The fourth-order valence-corrected chi connectivity index (χ4v) is 2.97. The molecular weight excluding hydrogens is 380 g/mol. The summed E-state index contributed by atoms with van der Waals surface area (Å²) in [5, 5.41) is 48.6. The molecule has 5 atom stereocenters. The number of phenolic OH excluding ortho intramolecular Hbond substituents is 1. The van der Waals surface area contributed by atoms with Crippen molar-refractivity contribution in [1.29, 1.82) is 0 Å². The van der Waals surface area contributed by atoms with Crippen LogP contribution in [0.1, 0.15) is 11.1 Å². The van der Waals surface area contributed by atoms with Crippen molar-refractivity contribution in [3.8, 4) is 17.2 Å². The summed E-state index contributed by atoms with van der Waals surface area (Å²) in [5.41, 5.74) is 1.62. The fraction of sp³-hybridized carbons (Fsp3) is 0.333. The number of phenols is 1. The summed E-state index contributed by atoms with van der Waals surface area (Å²) in [6.45, 7) is -0.519. The molecule has 1 aliphatic rings. The zero-order valence-corrected chi connectivity index (χ0v) is 15.8. The molecule has 8 heteroatoms. The van der Waals surface area contributed by atoms with Crippen molar-refractivity contribution in [1.82, 2.24) is 0 Å². The van der Waals surface area contributed by atoms with Crippen LogP contribution in [0, 0.1) is 0 Å². The maximum atomic E-state index is 10.0. The van der Waals surface area contributed by atoms with Crippen LogP contribution in [-0.2, 0) is 4.74 Å². The van der Waals surface area contributed by atoms with Crippen LogP contribution < -0.4 is 9.47 Å². The van der Waals surface area contributed by atoms with Gasteiger partial charge < -0.3 is 39.7 Å². The molecule has 156 valence electrons. The Morgan fingerprint density at radius 2 is 1.59 bits per heavy atom. The predicted octanol–water partition coefficient (Wildman–Crippen LogP) is 0.750. The van der Waals surface area contributed by atoms with E-state index in [4.69, 9.17) is 14.2 Å². The van der Waals surface area contributed by atoms with E-state index in [1.807, 2.05) is 12.2 Å². The van der Waals surface area contributed by atoms with E-state index in [0.717, 1.165) is 11.1 Å². The third-order valence-electron chi connectivity index (χ3n) is 4.60. The third-order valence-corrected chi connectivity index (χ3v) is 4.60. The number of hydrogen-bond acceptors (Lipinski definition) is 8. The number of aliphatic hydroxyl groups is 4. The van der Waals surface area contributed by atoms with Gasteiger partial charge in [-0.1, -0.05) is 24.3 Å². The number of benzene rings is 2. The minimum absolute atomic E-state index is 0.104. The van der Waals surface area contributed by atoms with Gasteiger partial charge in [0, 0.05) is 6.07 Å². The lowest BCUT2D eigenvalue weighted by Gasteiger charge is -2.39. The standard InChI is InChI=1S/C21H24O8/c1-27-16-9-13(8-14(23)10-16)3-2-12-4-6-15(7-5-12)28-21-20(26)19(25)18(24)17(11-22)29-21/h2-10,17-26H,11H2,1H3/t17-,18+,19+,20+,21+/m1/s1. The number of ether oxygens (including phenoxy) is 3. The van der Waals surface area contributed by atoms with Crippen molar-refractivity contribution >= 4 is 12.2 Å². The summed E-state index contributed by atoms with van der Waals surface area (Å²) < 4.78 is 16.0. The maximum Gasteiger partial charge on any atom is 0.229 e. The van der Waals surface area contributed by atoms with E-state index in [1.165, 1.54) is 13.2 Å². The van der Waals surface area contributed by atoms with Gasteiger partial charge in [0.2, 0.25) is 6.29 Å². The number of rotatable bonds is 6. The smallest absolute Gasteiger partial charge is 0.229 e. The largest absolute Gasteiger partial charge is 0.508 e. The Hall–Kier alpha value is -2.62.